The maximum atomic E-state index is 11.0. The SMILES string of the molecule is CC(=O)c1ccc(C(C)=O)cc1.CC(=O)c1cccc(C(C)=O)c1.CC(=O)c1ccccc1C(C)=O.CC(C)c1ccc([N+](=O)[O-])cc1.CC(C)c1cccc([N+](=O)[O-])c1.CCc1ccc(CC)cc1.CCc1cccc(CC)c1. The van der Waals surface area contributed by atoms with Crippen LogP contribution in [0.15, 0.2) is 170 Å². The molecule has 0 atom stereocenters. The summed E-state index contributed by atoms with van der Waals surface area (Å²) in [6, 6.07) is 51.2. The summed E-state index contributed by atoms with van der Waals surface area (Å²) in [6.45, 7) is 25.8. The molecule has 12 heteroatoms. The third-order valence-electron chi connectivity index (χ3n) is 12.2. The van der Waals surface area contributed by atoms with E-state index in [-0.39, 0.29) is 55.9 Å². The first-order chi connectivity index (χ1) is 37.8. The van der Waals surface area contributed by atoms with Crippen molar-refractivity contribution in [1.29, 1.82) is 0 Å². The Morgan fingerprint density at radius 3 is 1.00 bits per heavy atom. The average Bonchev–Trinajstić information content (AvgIpc) is 3.46. The number of rotatable bonds is 14. The van der Waals surface area contributed by atoms with Crippen LogP contribution in [-0.4, -0.2) is 44.5 Å². The predicted molar refractivity (Wildman–Crippen MR) is 324 cm³/mol. The highest BCUT2D eigenvalue weighted by Gasteiger charge is 2.10. The van der Waals surface area contributed by atoms with Crippen LogP contribution < -0.4 is 0 Å². The molecule has 0 bridgehead atoms. The van der Waals surface area contributed by atoms with Gasteiger partial charge in [-0.15, -0.1) is 0 Å². The Morgan fingerprint density at radius 2 is 0.688 bits per heavy atom. The lowest BCUT2D eigenvalue weighted by atomic mass is 10.0. The maximum absolute atomic E-state index is 11.0. The van der Waals surface area contributed by atoms with Crippen molar-refractivity contribution >= 4 is 46.1 Å². The summed E-state index contributed by atoms with van der Waals surface area (Å²) in [7, 11) is 0. The third-order valence-corrected chi connectivity index (χ3v) is 12.2. The number of nitro benzene ring substituents is 2. The first-order valence-electron chi connectivity index (χ1n) is 26.8. The number of Topliss-reactive ketones (excluding diaryl/α,β-unsaturated/α-hetero) is 6. The van der Waals surface area contributed by atoms with Gasteiger partial charge in [0.2, 0.25) is 0 Å². The van der Waals surface area contributed by atoms with Crippen molar-refractivity contribution in [2.75, 3.05) is 0 Å². The number of hydrogen-bond donors (Lipinski definition) is 0. The topological polar surface area (TPSA) is 189 Å². The minimum atomic E-state index is -0.385. The zero-order valence-electron chi connectivity index (χ0n) is 49.1. The van der Waals surface area contributed by atoms with Gasteiger partial charge in [-0.1, -0.05) is 195 Å². The molecule has 0 saturated heterocycles. The molecular formula is C68H80N2O10. The molecule has 0 aliphatic heterocycles. The third kappa shape index (κ3) is 26.6. The summed E-state index contributed by atoms with van der Waals surface area (Å²) in [4.78, 5) is 85.5. The summed E-state index contributed by atoms with van der Waals surface area (Å²) < 4.78 is 0. The van der Waals surface area contributed by atoms with Gasteiger partial charge in [0.1, 0.15) is 0 Å². The summed E-state index contributed by atoms with van der Waals surface area (Å²) in [5, 5.41) is 20.7. The van der Waals surface area contributed by atoms with Crippen LogP contribution in [0.25, 0.3) is 0 Å². The van der Waals surface area contributed by atoms with E-state index in [2.05, 4.69) is 90.1 Å². The van der Waals surface area contributed by atoms with Gasteiger partial charge in [0.15, 0.2) is 34.7 Å². The van der Waals surface area contributed by atoms with Gasteiger partial charge in [-0.2, -0.15) is 0 Å². The lowest BCUT2D eigenvalue weighted by Crippen LogP contribution is -2.02. The van der Waals surface area contributed by atoms with E-state index in [9.17, 15) is 49.0 Å². The number of benzene rings is 7. The molecule has 0 unspecified atom stereocenters. The van der Waals surface area contributed by atoms with Crippen molar-refractivity contribution in [2.45, 2.75) is 134 Å². The van der Waals surface area contributed by atoms with E-state index in [0.29, 0.717) is 45.2 Å². The van der Waals surface area contributed by atoms with Crippen LogP contribution in [0.3, 0.4) is 0 Å². The minimum absolute atomic E-state index is 0.0156. The monoisotopic (exact) mass is 1080 g/mol. The van der Waals surface area contributed by atoms with E-state index < -0.39 is 0 Å². The molecule has 7 aromatic rings. The lowest BCUT2D eigenvalue weighted by molar-refractivity contribution is -0.385. The second-order valence-electron chi connectivity index (χ2n) is 19.1. The first kappa shape index (κ1) is 69.4. The highest BCUT2D eigenvalue weighted by Crippen LogP contribution is 2.20. The number of nitrogens with zero attached hydrogens (tertiary/aromatic N) is 2. The van der Waals surface area contributed by atoms with Crippen molar-refractivity contribution in [1.82, 2.24) is 0 Å². The number of nitro groups is 2. The normalized spacial score (nSPS) is 9.80. The van der Waals surface area contributed by atoms with Crippen LogP contribution in [0.2, 0.25) is 0 Å². The van der Waals surface area contributed by atoms with Crippen molar-refractivity contribution in [3.05, 3.63) is 257 Å². The Labute approximate surface area is 474 Å². The largest absolute Gasteiger partial charge is 0.295 e. The van der Waals surface area contributed by atoms with Gasteiger partial charge >= 0.3 is 0 Å². The van der Waals surface area contributed by atoms with Gasteiger partial charge in [0.25, 0.3) is 11.4 Å². The maximum Gasteiger partial charge on any atom is 0.269 e. The molecule has 0 aromatic heterocycles. The molecule has 0 radical (unpaired) electrons. The number of carbonyl (C=O) groups is 6. The highest BCUT2D eigenvalue weighted by atomic mass is 16.6. The van der Waals surface area contributed by atoms with Crippen molar-refractivity contribution in [3.8, 4) is 0 Å². The number of aryl methyl sites for hydroxylation is 4. The van der Waals surface area contributed by atoms with Gasteiger partial charge in [-0.05, 0) is 119 Å². The molecule has 0 N–H and O–H groups in total. The average molecular weight is 1090 g/mol. The molecule has 12 nitrogen and oxygen atoms in total. The van der Waals surface area contributed by atoms with Crippen LogP contribution in [-0.2, 0) is 25.7 Å². The molecule has 7 aromatic carbocycles. The van der Waals surface area contributed by atoms with Crippen molar-refractivity contribution in [3.63, 3.8) is 0 Å². The Morgan fingerprint density at radius 1 is 0.338 bits per heavy atom. The molecule has 80 heavy (non-hydrogen) atoms. The summed E-state index contributed by atoms with van der Waals surface area (Å²) in [5.41, 5.74) is 11.7. The Hall–Kier alpha value is -8.64. The Balaban J connectivity index is 0.000000467. The number of hydrogen-bond acceptors (Lipinski definition) is 10. The summed E-state index contributed by atoms with van der Waals surface area (Å²) in [5.74, 6) is 0.628. The smallest absolute Gasteiger partial charge is 0.269 e. The van der Waals surface area contributed by atoms with E-state index in [4.69, 9.17) is 0 Å². The van der Waals surface area contributed by atoms with E-state index >= 15 is 0 Å². The van der Waals surface area contributed by atoms with E-state index in [1.165, 1.54) is 82.0 Å². The van der Waals surface area contributed by atoms with Crippen molar-refractivity contribution < 1.29 is 38.6 Å². The fraction of sp³-hybridized carbons (Fsp3) is 0.294. The zero-order valence-corrected chi connectivity index (χ0v) is 49.1. The summed E-state index contributed by atoms with van der Waals surface area (Å²) in [6.07, 6.45) is 4.58. The molecule has 422 valence electrons. The van der Waals surface area contributed by atoms with E-state index in [1.54, 1.807) is 97.1 Å². The number of ketones is 6. The van der Waals surface area contributed by atoms with Crippen LogP contribution >= 0.6 is 0 Å². The summed E-state index contributed by atoms with van der Waals surface area (Å²) >= 11 is 0. The minimum Gasteiger partial charge on any atom is -0.295 e. The van der Waals surface area contributed by atoms with Crippen molar-refractivity contribution in [2.24, 2.45) is 0 Å². The van der Waals surface area contributed by atoms with Gasteiger partial charge in [0, 0.05) is 57.6 Å². The Bertz CT molecular complexity index is 2960. The van der Waals surface area contributed by atoms with Gasteiger partial charge in [-0.3, -0.25) is 49.0 Å². The van der Waals surface area contributed by atoms with E-state index in [0.717, 1.165) is 36.8 Å². The molecule has 0 fully saturated rings. The fourth-order valence-corrected chi connectivity index (χ4v) is 7.05. The molecule has 7 rings (SSSR count). The zero-order chi connectivity index (χ0) is 60.5. The van der Waals surface area contributed by atoms with Gasteiger partial charge < -0.3 is 0 Å². The molecule has 0 spiro atoms. The predicted octanol–water partition coefficient (Wildman–Crippen LogP) is 17.3. The standard InChI is InChI=1S/3C10H10O2.2C10H14.2C9H11NO2/c1-7(11)9-3-5-10(6-4-9)8(2)12;1-7(11)9-4-3-5-10(6-9)8(2)12;1-7(11)9-5-3-4-6-10(9)8(2)12;1-3-9-5-7-10(4-2)8-6-9;1-3-9-6-5-7-10(4-2)8-9;1-7(2)8-3-5-9(6-4-8)10(11)12;1-7(2)8-4-3-5-9(6-8)10(11)12/h3*3-6H,1-2H3;2*5-8H,3-4H2,1-2H3;2*3-7H,1-2H3. The highest BCUT2D eigenvalue weighted by molar-refractivity contribution is 6.07. The fourth-order valence-electron chi connectivity index (χ4n) is 7.05. The van der Waals surface area contributed by atoms with Crippen LogP contribution in [0.1, 0.15) is 204 Å². The Kier molecular flexibility index (Phi) is 32.3. The lowest BCUT2D eigenvalue weighted by Gasteiger charge is -2.03. The van der Waals surface area contributed by atoms with Crippen LogP contribution in [0, 0.1) is 20.2 Å². The molecule has 0 heterocycles. The number of carbonyl (C=O) groups excluding carboxylic acids is 6. The van der Waals surface area contributed by atoms with E-state index in [1.807, 2.05) is 19.9 Å². The molecule has 0 aliphatic rings. The van der Waals surface area contributed by atoms with Crippen LogP contribution in [0.4, 0.5) is 11.4 Å². The quantitative estimate of drug-likeness (QED) is 0.0576. The second-order valence-corrected chi connectivity index (χ2v) is 19.1. The van der Waals surface area contributed by atoms with Gasteiger partial charge in [0.05, 0.1) is 9.85 Å². The molecular weight excluding hydrogens is 1000 g/mol. The second kappa shape index (κ2) is 37.2. The first-order valence-corrected chi connectivity index (χ1v) is 26.8. The molecule has 0 amide bonds. The molecule has 0 saturated carbocycles. The number of non-ortho nitro benzene ring substituents is 2. The molecule has 0 aliphatic carbocycles. The van der Waals surface area contributed by atoms with Gasteiger partial charge in [-0.25, -0.2) is 0 Å². The van der Waals surface area contributed by atoms with Crippen LogP contribution in [0.5, 0.6) is 0 Å².